The van der Waals surface area contributed by atoms with E-state index in [0.29, 0.717) is 6.04 Å². The molecule has 22 heavy (non-hydrogen) atoms. The predicted molar refractivity (Wildman–Crippen MR) is 90.6 cm³/mol. The molecular formula is C19H28N2O. The Labute approximate surface area is 134 Å². The lowest BCUT2D eigenvalue weighted by molar-refractivity contribution is -0.149. The van der Waals surface area contributed by atoms with Crippen LogP contribution < -0.4 is 4.90 Å². The summed E-state index contributed by atoms with van der Waals surface area (Å²) in [5.41, 5.74) is 3.09. The maximum absolute atomic E-state index is 6.26. The molecule has 0 amide bonds. The number of hydrogen-bond donors (Lipinski definition) is 0. The molecule has 3 fully saturated rings. The molecule has 1 atom stereocenters. The van der Waals surface area contributed by atoms with Gasteiger partial charge in [-0.15, -0.1) is 0 Å². The lowest BCUT2D eigenvalue weighted by Crippen LogP contribution is -2.73. The first-order valence-electron chi connectivity index (χ1n) is 8.71. The Morgan fingerprint density at radius 2 is 1.82 bits per heavy atom. The monoisotopic (exact) mass is 300 g/mol. The van der Waals surface area contributed by atoms with E-state index in [9.17, 15) is 0 Å². The van der Waals surface area contributed by atoms with Crippen LogP contribution in [0.15, 0.2) is 24.3 Å². The Morgan fingerprint density at radius 3 is 2.50 bits per heavy atom. The normalized spacial score (nSPS) is 27.8. The van der Waals surface area contributed by atoms with Gasteiger partial charge < -0.3 is 9.64 Å². The fraction of sp³-hybridized carbons (Fsp3) is 0.684. The highest BCUT2D eigenvalue weighted by molar-refractivity contribution is 5.52. The largest absolute Gasteiger partial charge is 0.368 e. The van der Waals surface area contributed by atoms with Gasteiger partial charge >= 0.3 is 0 Å². The third kappa shape index (κ3) is 2.26. The molecule has 3 heterocycles. The molecule has 1 spiro atoms. The summed E-state index contributed by atoms with van der Waals surface area (Å²) in [6, 6.07) is 9.78. The van der Waals surface area contributed by atoms with Crippen LogP contribution in [0, 0.1) is 0 Å². The van der Waals surface area contributed by atoms with E-state index in [0.717, 1.165) is 26.2 Å². The summed E-state index contributed by atoms with van der Waals surface area (Å²) in [6.07, 6.45) is 2.66. The van der Waals surface area contributed by atoms with E-state index < -0.39 is 0 Å². The van der Waals surface area contributed by atoms with Crippen LogP contribution in [-0.4, -0.2) is 49.3 Å². The van der Waals surface area contributed by atoms with E-state index in [2.05, 4.69) is 54.8 Å². The van der Waals surface area contributed by atoms with Crippen LogP contribution in [0.25, 0.3) is 0 Å². The summed E-state index contributed by atoms with van der Waals surface area (Å²) >= 11 is 0. The van der Waals surface area contributed by atoms with Crippen LogP contribution in [0.3, 0.4) is 0 Å². The fourth-order valence-electron chi connectivity index (χ4n) is 4.41. The minimum absolute atomic E-state index is 0.109. The maximum Gasteiger partial charge on any atom is 0.118 e. The molecule has 3 aliphatic rings. The van der Waals surface area contributed by atoms with Crippen molar-refractivity contribution in [1.29, 1.82) is 0 Å². The second kappa shape index (κ2) is 4.97. The molecule has 0 bridgehead atoms. The van der Waals surface area contributed by atoms with Crippen LogP contribution in [0.4, 0.5) is 5.69 Å². The van der Waals surface area contributed by atoms with Gasteiger partial charge in [-0.05, 0) is 42.5 Å². The summed E-state index contributed by atoms with van der Waals surface area (Å²) in [7, 11) is 0. The zero-order valence-corrected chi connectivity index (χ0v) is 14.1. The second-order valence-corrected chi connectivity index (χ2v) is 8.26. The number of ether oxygens (including phenoxy) is 1. The molecule has 0 aromatic heterocycles. The first-order chi connectivity index (χ1) is 10.5. The van der Waals surface area contributed by atoms with E-state index >= 15 is 0 Å². The van der Waals surface area contributed by atoms with Gasteiger partial charge in [0.1, 0.15) is 5.60 Å². The topological polar surface area (TPSA) is 15.7 Å². The van der Waals surface area contributed by atoms with E-state index in [4.69, 9.17) is 4.74 Å². The molecule has 4 rings (SSSR count). The molecule has 0 N–H and O–H groups in total. The van der Waals surface area contributed by atoms with E-state index in [1.165, 1.54) is 30.6 Å². The minimum atomic E-state index is 0.109. The predicted octanol–water partition coefficient (Wildman–Crippen LogP) is 3.04. The SMILES string of the molecule is CC(C)(C)c1ccc(N2CC3(C2)OCCN2CCCC23)cc1. The zero-order chi connectivity index (χ0) is 15.4. The number of rotatable bonds is 1. The third-order valence-electron chi connectivity index (χ3n) is 5.75. The van der Waals surface area contributed by atoms with Crippen LogP contribution in [0.2, 0.25) is 0 Å². The average Bonchev–Trinajstić information content (AvgIpc) is 2.92. The fourth-order valence-corrected chi connectivity index (χ4v) is 4.41. The van der Waals surface area contributed by atoms with Crippen molar-refractivity contribution in [3.63, 3.8) is 0 Å². The standard InChI is InChI=1S/C19H28N2O/c1-18(2,3)15-6-8-16(9-7-15)21-13-19(14-21)17-5-4-10-20(17)11-12-22-19/h6-9,17H,4-5,10-14H2,1-3H3. The molecule has 3 saturated heterocycles. The first kappa shape index (κ1) is 14.5. The molecule has 3 heteroatoms. The zero-order valence-electron chi connectivity index (χ0n) is 14.1. The van der Waals surface area contributed by atoms with Gasteiger partial charge in [-0.2, -0.15) is 0 Å². The van der Waals surface area contributed by atoms with E-state index in [1.54, 1.807) is 0 Å². The Hall–Kier alpha value is -1.06. The van der Waals surface area contributed by atoms with Gasteiger partial charge in [0.25, 0.3) is 0 Å². The van der Waals surface area contributed by atoms with Crippen molar-refractivity contribution in [3.8, 4) is 0 Å². The van der Waals surface area contributed by atoms with Crippen LogP contribution in [0.1, 0.15) is 39.2 Å². The molecular weight excluding hydrogens is 272 g/mol. The number of nitrogens with zero attached hydrogens (tertiary/aromatic N) is 2. The number of fused-ring (bicyclic) bond motifs is 2. The van der Waals surface area contributed by atoms with Crippen LogP contribution in [-0.2, 0) is 10.2 Å². The molecule has 0 aliphatic carbocycles. The second-order valence-electron chi connectivity index (χ2n) is 8.26. The van der Waals surface area contributed by atoms with Gasteiger partial charge in [0.05, 0.1) is 19.7 Å². The van der Waals surface area contributed by atoms with E-state index in [1.807, 2.05) is 0 Å². The van der Waals surface area contributed by atoms with Gasteiger partial charge in [0, 0.05) is 18.3 Å². The minimum Gasteiger partial charge on any atom is -0.368 e. The van der Waals surface area contributed by atoms with Crippen molar-refractivity contribution < 1.29 is 4.74 Å². The van der Waals surface area contributed by atoms with Gasteiger partial charge in [-0.25, -0.2) is 0 Å². The summed E-state index contributed by atoms with van der Waals surface area (Å²) in [4.78, 5) is 5.14. The van der Waals surface area contributed by atoms with Crippen molar-refractivity contribution >= 4 is 5.69 Å². The first-order valence-corrected chi connectivity index (χ1v) is 8.71. The highest BCUT2D eigenvalue weighted by atomic mass is 16.5. The van der Waals surface area contributed by atoms with Crippen molar-refractivity contribution in [2.45, 2.75) is 50.7 Å². The third-order valence-corrected chi connectivity index (χ3v) is 5.75. The summed E-state index contributed by atoms with van der Waals surface area (Å²) < 4.78 is 6.26. The smallest absolute Gasteiger partial charge is 0.118 e. The summed E-state index contributed by atoms with van der Waals surface area (Å²) in [5.74, 6) is 0. The number of morpholine rings is 1. The molecule has 1 aromatic carbocycles. The van der Waals surface area contributed by atoms with Gasteiger partial charge in [0.15, 0.2) is 0 Å². The molecule has 0 radical (unpaired) electrons. The number of anilines is 1. The number of hydrogen-bond acceptors (Lipinski definition) is 3. The lowest BCUT2D eigenvalue weighted by atomic mass is 9.82. The van der Waals surface area contributed by atoms with Gasteiger partial charge in [-0.1, -0.05) is 32.9 Å². The molecule has 0 saturated carbocycles. The Morgan fingerprint density at radius 1 is 1.09 bits per heavy atom. The van der Waals surface area contributed by atoms with Crippen molar-refractivity contribution in [1.82, 2.24) is 4.90 Å². The average molecular weight is 300 g/mol. The van der Waals surface area contributed by atoms with Crippen LogP contribution in [0.5, 0.6) is 0 Å². The van der Waals surface area contributed by atoms with Crippen molar-refractivity contribution in [2.24, 2.45) is 0 Å². The Balaban J connectivity index is 1.46. The number of benzene rings is 1. The summed E-state index contributed by atoms with van der Waals surface area (Å²) in [6.45, 7) is 12.2. The molecule has 1 aromatic rings. The van der Waals surface area contributed by atoms with E-state index in [-0.39, 0.29) is 11.0 Å². The maximum atomic E-state index is 6.26. The molecule has 3 aliphatic heterocycles. The van der Waals surface area contributed by atoms with Crippen LogP contribution >= 0.6 is 0 Å². The highest BCUT2D eigenvalue weighted by Gasteiger charge is 2.55. The Kier molecular flexibility index (Phi) is 3.28. The molecule has 1 unspecified atom stereocenters. The van der Waals surface area contributed by atoms with Gasteiger partial charge in [0.2, 0.25) is 0 Å². The summed E-state index contributed by atoms with van der Waals surface area (Å²) in [5, 5.41) is 0. The lowest BCUT2D eigenvalue weighted by Gasteiger charge is -2.58. The Bertz CT molecular complexity index is 540. The molecule has 3 nitrogen and oxygen atoms in total. The van der Waals surface area contributed by atoms with Gasteiger partial charge in [-0.3, -0.25) is 4.90 Å². The van der Waals surface area contributed by atoms with Crippen molar-refractivity contribution in [2.75, 3.05) is 37.7 Å². The highest BCUT2D eigenvalue weighted by Crippen LogP contribution is 2.41. The molecule has 120 valence electrons. The quantitative estimate of drug-likeness (QED) is 0.793. The van der Waals surface area contributed by atoms with Crippen molar-refractivity contribution in [3.05, 3.63) is 29.8 Å².